The van der Waals surface area contributed by atoms with Gasteiger partial charge < -0.3 is 32.6 Å². The summed E-state index contributed by atoms with van der Waals surface area (Å²) in [6.07, 6.45) is 1.61. The summed E-state index contributed by atoms with van der Waals surface area (Å²) < 4.78 is 0. The maximum atomic E-state index is 12.3. The number of nitriles is 1. The van der Waals surface area contributed by atoms with Gasteiger partial charge in [0.05, 0.1) is 23.5 Å². The molecule has 0 spiro atoms. The maximum absolute atomic E-state index is 12.3. The number of benzene rings is 2. The van der Waals surface area contributed by atoms with Crippen LogP contribution in [0.25, 0.3) is 5.70 Å². The molecule has 0 atom stereocenters. The van der Waals surface area contributed by atoms with Gasteiger partial charge in [-0.25, -0.2) is 0 Å². The highest BCUT2D eigenvalue weighted by atomic mass is 16.3. The molecule has 0 unspecified atom stereocenters. The van der Waals surface area contributed by atoms with Crippen LogP contribution in [0.4, 0.5) is 5.69 Å². The lowest BCUT2D eigenvalue weighted by Gasteiger charge is -2.29. The normalized spacial score (nSPS) is 13.8. The molecule has 3 rings (SSSR count). The highest BCUT2D eigenvalue weighted by Gasteiger charge is 2.22. The van der Waals surface area contributed by atoms with Crippen molar-refractivity contribution in [3.63, 3.8) is 0 Å². The number of nitrogens with one attached hydrogen (secondary N) is 2. The number of phenols is 1. The number of fused-ring (bicyclic) bond motifs is 1. The average Bonchev–Trinajstić information content (AvgIpc) is 2.87. The van der Waals surface area contributed by atoms with Gasteiger partial charge in [0.2, 0.25) is 0 Å². The highest BCUT2D eigenvalue weighted by Crippen LogP contribution is 2.25. The summed E-state index contributed by atoms with van der Waals surface area (Å²) in [6, 6.07) is 11.8. The third-order valence-corrected chi connectivity index (χ3v) is 5.68. The number of phenolic OH excluding ortho intramolecular Hbond substituents is 1. The molecule has 0 bridgehead atoms. The third kappa shape index (κ3) is 5.36. The molecule has 0 aromatic heterocycles. The molecule has 0 saturated carbocycles. The number of amidine groups is 1. The van der Waals surface area contributed by atoms with Crippen molar-refractivity contribution in [3.05, 3.63) is 76.4 Å². The molecule has 0 radical (unpaired) electrons. The molecule has 2 aromatic carbocycles. The number of carbonyl (C=O) groups excluding carboxylic acids is 1. The van der Waals surface area contributed by atoms with Gasteiger partial charge in [-0.05, 0) is 41.3 Å². The van der Waals surface area contributed by atoms with E-state index in [4.69, 9.17) is 28.0 Å². The molecule has 178 valence electrons. The van der Waals surface area contributed by atoms with Gasteiger partial charge >= 0.3 is 0 Å². The highest BCUT2D eigenvalue weighted by molar-refractivity contribution is 6.31. The SMILES string of the molecule is C=C(C=N)C(=O)N1CCc2cc(CN=C(N)C(C(=N)C#N)=C(N)c3ccc(O)c(N)c3)ccc2C1. The minimum Gasteiger partial charge on any atom is -0.506 e. The fourth-order valence-electron chi connectivity index (χ4n) is 3.72. The first-order valence-electron chi connectivity index (χ1n) is 10.6. The van der Waals surface area contributed by atoms with Gasteiger partial charge in [-0.3, -0.25) is 15.2 Å². The van der Waals surface area contributed by atoms with Crippen LogP contribution in [-0.2, 0) is 24.3 Å². The van der Waals surface area contributed by atoms with Crippen LogP contribution in [0.2, 0.25) is 0 Å². The first-order valence-corrected chi connectivity index (χ1v) is 10.6. The molecule has 0 aliphatic carbocycles. The van der Waals surface area contributed by atoms with Crippen molar-refractivity contribution in [1.29, 1.82) is 16.1 Å². The number of hydrogen-bond donors (Lipinski definition) is 6. The summed E-state index contributed by atoms with van der Waals surface area (Å²) in [6.45, 7) is 4.76. The Bertz CT molecular complexity index is 1330. The molecule has 9 N–H and O–H groups in total. The lowest BCUT2D eigenvalue weighted by Crippen LogP contribution is -2.36. The van der Waals surface area contributed by atoms with Gasteiger partial charge in [0.15, 0.2) is 0 Å². The van der Waals surface area contributed by atoms with E-state index in [9.17, 15) is 15.2 Å². The van der Waals surface area contributed by atoms with Crippen LogP contribution in [0.3, 0.4) is 0 Å². The molecular weight excluding hydrogens is 444 g/mol. The van der Waals surface area contributed by atoms with Crippen LogP contribution in [0, 0.1) is 22.1 Å². The smallest absolute Gasteiger partial charge is 0.255 e. The second-order valence-corrected chi connectivity index (χ2v) is 8.00. The Morgan fingerprint density at radius 2 is 2.00 bits per heavy atom. The number of anilines is 1. The van der Waals surface area contributed by atoms with Crippen LogP contribution >= 0.6 is 0 Å². The molecule has 1 aliphatic heterocycles. The van der Waals surface area contributed by atoms with E-state index >= 15 is 0 Å². The van der Waals surface area contributed by atoms with E-state index in [0.29, 0.717) is 25.1 Å². The van der Waals surface area contributed by atoms with Gasteiger partial charge in [0, 0.05) is 30.4 Å². The molecule has 35 heavy (non-hydrogen) atoms. The number of aliphatic imine (C=N–C) groups is 1. The van der Waals surface area contributed by atoms with Crippen molar-refractivity contribution in [2.24, 2.45) is 16.5 Å². The van der Waals surface area contributed by atoms with Gasteiger partial charge in [-0.15, -0.1) is 0 Å². The van der Waals surface area contributed by atoms with Crippen molar-refractivity contribution in [2.45, 2.75) is 19.5 Å². The van der Waals surface area contributed by atoms with Crippen molar-refractivity contribution in [2.75, 3.05) is 12.3 Å². The second-order valence-electron chi connectivity index (χ2n) is 8.00. The van der Waals surface area contributed by atoms with E-state index in [0.717, 1.165) is 22.9 Å². The standard InChI is InChI=1S/C25H26N8O2/c1-14(10-26)25(35)33-7-6-16-8-15(2-3-18(16)13-33)12-32-24(31)22(20(29)11-27)23(30)17-4-5-21(34)19(28)9-17/h2-5,8-10,26,29,34H,1,6-7,12-13,28,30H2,(H2,31,32). The molecule has 1 aliphatic rings. The van der Waals surface area contributed by atoms with Crippen molar-refractivity contribution in [1.82, 2.24) is 4.90 Å². The Morgan fingerprint density at radius 3 is 2.66 bits per heavy atom. The number of nitrogens with two attached hydrogens (primary N) is 3. The Balaban J connectivity index is 1.84. The lowest BCUT2D eigenvalue weighted by molar-refractivity contribution is -0.127. The van der Waals surface area contributed by atoms with E-state index in [1.807, 2.05) is 18.2 Å². The second kappa shape index (κ2) is 10.4. The van der Waals surface area contributed by atoms with Crippen LogP contribution in [-0.4, -0.2) is 40.2 Å². The van der Waals surface area contributed by atoms with Gasteiger partial charge in [-0.1, -0.05) is 24.8 Å². The van der Waals surface area contributed by atoms with Crippen LogP contribution in [0.1, 0.15) is 22.3 Å². The molecule has 1 heterocycles. The van der Waals surface area contributed by atoms with E-state index in [2.05, 4.69) is 11.6 Å². The quantitative estimate of drug-likeness (QED) is 0.117. The zero-order valence-electron chi connectivity index (χ0n) is 19.0. The number of nitrogens with zero attached hydrogens (tertiary/aromatic N) is 3. The topological polar surface area (TPSA) is 202 Å². The molecule has 0 fully saturated rings. The van der Waals surface area contributed by atoms with E-state index in [1.165, 1.54) is 18.2 Å². The number of carbonyl (C=O) groups is 1. The molecule has 2 aromatic rings. The van der Waals surface area contributed by atoms with Crippen molar-refractivity contribution in [3.8, 4) is 11.8 Å². The van der Waals surface area contributed by atoms with Crippen LogP contribution in [0.15, 0.2) is 59.1 Å². The zero-order chi connectivity index (χ0) is 25.7. The summed E-state index contributed by atoms with van der Waals surface area (Å²) in [7, 11) is 0. The Kier molecular flexibility index (Phi) is 7.31. The summed E-state index contributed by atoms with van der Waals surface area (Å²) >= 11 is 0. The van der Waals surface area contributed by atoms with Gasteiger partial charge in [0.1, 0.15) is 23.4 Å². The fraction of sp³-hybridized carbons (Fsp3) is 0.160. The first kappa shape index (κ1) is 24.7. The third-order valence-electron chi connectivity index (χ3n) is 5.68. The summed E-state index contributed by atoms with van der Waals surface area (Å²) in [5.74, 6) is -0.431. The minimum absolute atomic E-state index is 0.0175. The lowest BCUT2D eigenvalue weighted by atomic mass is 9.96. The molecular formula is C25H26N8O2. The number of nitrogen functional groups attached to an aromatic ring is 1. The minimum atomic E-state index is -0.447. The van der Waals surface area contributed by atoms with Crippen molar-refractivity contribution >= 4 is 35.1 Å². The predicted molar refractivity (Wildman–Crippen MR) is 136 cm³/mol. The molecule has 0 saturated heterocycles. The molecule has 1 amide bonds. The predicted octanol–water partition coefficient (Wildman–Crippen LogP) is 1.84. The number of aromatic hydroxyl groups is 1. The Morgan fingerprint density at radius 1 is 1.26 bits per heavy atom. The van der Waals surface area contributed by atoms with Crippen molar-refractivity contribution < 1.29 is 9.90 Å². The summed E-state index contributed by atoms with van der Waals surface area (Å²) in [4.78, 5) is 18.3. The zero-order valence-corrected chi connectivity index (χ0v) is 19.0. The Hall–Kier alpha value is -4.91. The molecule has 10 nitrogen and oxygen atoms in total. The van der Waals surface area contributed by atoms with E-state index in [-0.39, 0.29) is 46.6 Å². The largest absolute Gasteiger partial charge is 0.506 e. The van der Waals surface area contributed by atoms with Crippen LogP contribution in [0.5, 0.6) is 5.75 Å². The van der Waals surface area contributed by atoms with E-state index < -0.39 is 5.71 Å². The number of amides is 1. The number of hydrogen-bond acceptors (Lipinski definition) is 8. The van der Waals surface area contributed by atoms with Gasteiger partial charge in [-0.2, -0.15) is 5.26 Å². The first-order chi connectivity index (χ1) is 16.7. The monoisotopic (exact) mass is 470 g/mol. The Labute approximate surface area is 202 Å². The van der Waals surface area contributed by atoms with Gasteiger partial charge in [0.25, 0.3) is 5.91 Å². The molecule has 10 heteroatoms. The number of rotatable bonds is 7. The fourth-order valence-corrected chi connectivity index (χ4v) is 3.72. The maximum Gasteiger partial charge on any atom is 0.255 e. The summed E-state index contributed by atoms with van der Waals surface area (Å²) in [5.41, 5.74) is 21.3. The summed E-state index contributed by atoms with van der Waals surface area (Å²) in [5, 5.41) is 34.2. The van der Waals surface area contributed by atoms with E-state index in [1.54, 1.807) is 11.0 Å². The van der Waals surface area contributed by atoms with Crippen LogP contribution < -0.4 is 17.2 Å². The average molecular weight is 471 g/mol.